The summed E-state index contributed by atoms with van der Waals surface area (Å²) in [4.78, 5) is 20.1. The van der Waals surface area contributed by atoms with Crippen molar-refractivity contribution in [3.8, 4) is 0 Å². The van der Waals surface area contributed by atoms with Gasteiger partial charge in [0.25, 0.3) is 0 Å². The van der Waals surface area contributed by atoms with Gasteiger partial charge in [0, 0.05) is 12.8 Å². The molecule has 1 atom stereocenters. The molecule has 0 amide bonds. The molecule has 1 unspecified atom stereocenters. The second kappa shape index (κ2) is 3.48. The maximum Gasteiger partial charge on any atom is 0.150 e. The molecule has 52 valence electrons. The summed E-state index contributed by atoms with van der Waals surface area (Å²) in [5.74, 6) is 0.215. The normalized spacial score (nSPS) is 29.9. The molecule has 0 aromatic rings. The number of carbonyl (C=O) groups excluding carboxylic acids is 1. The fraction of sp³-hybridized carbons (Fsp3) is 0.800. The van der Waals surface area contributed by atoms with Gasteiger partial charge in [-0.2, -0.15) is 0 Å². The van der Waals surface area contributed by atoms with E-state index in [4.69, 9.17) is 4.89 Å². The van der Waals surface area contributed by atoms with Crippen molar-refractivity contribution in [1.82, 2.24) is 0 Å². The summed E-state index contributed by atoms with van der Waals surface area (Å²) in [6, 6.07) is 0. The maximum absolute atomic E-state index is 10.7. The van der Waals surface area contributed by atoms with Crippen molar-refractivity contribution >= 4 is 28.4 Å². The number of alkyl halides is 1. The Labute approximate surface area is 66.8 Å². The lowest BCUT2D eigenvalue weighted by molar-refractivity contribution is -0.293. The Balaban J connectivity index is 2.37. The van der Waals surface area contributed by atoms with Gasteiger partial charge in [-0.1, -0.05) is 0 Å². The molecule has 4 heteroatoms. The van der Waals surface area contributed by atoms with E-state index in [1.165, 1.54) is 0 Å². The Hall–Kier alpha value is 0.320. The van der Waals surface area contributed by atoms with E-state index in [9.17, 15) is 4.79 Å². The highest BCUT2D eigenvalue weighted by Crippen LogP contribution is 2.13. The molecule has 0 aromatic carbocycles. The topological polar surface area (TPSA) is 35.5 Å². The van der Waals surface area contributed by atoms with Crippen LogP contribution in [0.3, 0.4) is 0 Å². The first-order chi connectivity index (χ1) is 4.29. The fourth-order valence-corrected chi connectivity index (χ4v) is 1.23. The predicted molar refractivity (Wildman–Crippen MR) is 39.1 cm³/mol. The molecule has 9 heavy (non-hydrogen) atoms. The van der Waals surface area contributed by atoms with Crippen molar-refractivity contribution in [2.75, 3.05) is 6.61 Å². The number of Topliss-reactive ketones (excluding diaryl/α,β-unsaturated/α-hetero) is 1. The maximum atomic E-state index is 10.7. The molecule has 0 aliphatic carbocycles. The van der Waals surface area contributed by atoms with Gasteiger partial charge in [-0.3, -0.25) is 4.79 Å². The van der Waals surface area contributed by atoms with Crippen LogP contribution in [0.5, 0.6) is 0 Å². The van der Waals surface area contributed by atoms with Gasteiger partial charge in [0.2, 0.25) is 0 Å². The van der Waals surface area contributed by atoms with E-state index < -0.39 is 0 Å². The first-order valence-electron chi connectivity index (χ1n) is 2.73. The van der Waals surface area contributed by atoms with Crippen molar-refractivity contribution in [3.63, 3.8) is 0 Å². The summed E-state index contributed by atoms with van der Waals surface area (Å²) in [7, 11) is 0. The molecule has 1 rings (SSSR count). The third kappa shape index (κ3) is 2.59. The van der Waals surface area contributed by atoms with Crippen molar-refractivity contribution in [1.29, 1.82) is 0 Å². The van der Waals surface area contributed by atoms with E-state index in [2.05, 4.69) is 4.89 Å². The molecular formula is C5H7IO3. The minimum Gasteiger partial charge on any atom is -0.299 e. The molecule has 0 saturated carbocycles. The molecule has 0 radical (unpaired) electrons. The third-order valence-electron chi connectivity index (χ3n) is 1.02. The largest absolute Gasteiger partial charge is 0.299 e. The molecule has 0 bridgehead atoms. The molecule has 0 spiro atoms. The second-order valence-corrected chi connectivity index (χ2v) is 3.21. The highest BCUT2D eigenvalue weighted by atomic mass is 127. The van der Waals surface area contributed by atoms with E-state index in [1.807, 2.05) is 22.6 Å². The smallest absolute Gasteiger partial charge is 0.150 e. The van der Waals surface area contributed by atoms with Gasteiger partial charge in [0.15, 0.2) is 4.11 Å². The minimum atomic E-state index is -0.0994. The van der Waals surface area contributed by atoms with Crippen LogP contribution in [0.1, 0.15) is 12.8 Å². The lowest BCUT2D eigenvalue weighted by atomic mass is 10.2. The molecule has 1 saturated heterocycles. The Bertz CT molecular complexity index is 115. The van der Waals surface area contributed by atoms with Crippen LogP contribution in [0.25, 0.3) is 0 Å². The van der Waals surface area contributed by atoms with Gasteiger partial charge < -0.3 is 0 Å². The molecular weight excluding hydrogens is 235 g/mol. The zero-order chi connectivity index (χ0) is 6.69. The van der Waals surface area contributed by atoms with Gasteiger partial charge in [-0.15, -0.1) is 0 Å². The first kappa shape index (κ1) is 7.43. The number of hydrogen-bond donors (Lipinski definition) is 0. The standard InChI is InChI=1S/C5H7IO3/c6-5-3-4(7)1-2-8-9-5/h5H,1-3H2. The predicted octanol–water partition coefficient (Wildman–Crippen LogP) is 1.06. The van der Waals surface area contributed by atoms with Crippen LogP contribution < -0.4 is 0 Å². The zero-order valence-electron chi connectivity index (χ0n) is 4.80. The second-order valence-electron chi connectivity index (χ2n) is 1.82. The average Bonchev–Trinajstić information content (AvgIpc) is 1.93. The van der Waals surface area contributed by atoms with Crippen LogP contribution >= 0.6 is 22.6 Å². The molecule has 1 aliphatic rings. The summed E-state index contributed by atoms with van der Waals surface area (Å²) in [5.41, 5.74) is 0. The Kier molecular flexibility index (Phi) is 2.87. The van der Waals surface area contributed by atoms with Crippen molar-refractivity contribution in [3.05, 3.63) is 0 Å². The lowest BCUT2D eigenvalue weighted by Crippen LogP contribution is -2.04. The molecule has 0 N–H and O–H groups in total. The molecule has 1 aliphatic heterocycles. The average molecular weight is 242 g/mol. The molecule has 3 nitrogen and oxygen atoms in total. The number of rotatable bonds is 0. The number of halogens is 1. The van der Waals surface area contributed by atoms with Gasteiger partial charge in [-0.05, 0) is 22.6 Å². The van der Waals surface area contributed by atoms with E-state index in [0.717, 1.165) is 0 Å². The van der Waals surface area contributed by atoms with Crippen LogP contribution in [0, 0.1) is 0 Å². The molecule has 1 fully saturated rings. The van der Waals surface area contributed by atoms with Crippen LogP contribution in [0.2, 0.25) is 0 Å². The van der Waals surface area contributed by atoms with E-state index in [1.54, 1.807) is 0 Å². The number of ketones is 1. The van der Waals surface area contributed by atoms with Gasteiger partial charge in [-0.25, -0.2) is 9.78 Å². The van der Waals surface area contributed by atoms with Crippen LogP contribution in [0.15, 0.2) is 0 Å². The quantitative estimate of drug-likeness (QED) is 0.362. The highest BCUT2D eigenvalue weighted by molar-refractivity contribution is 14.1. The third-order valence-corrected chi connectivity index (χ3v) is 1.67. The van der Waals surface area contributed by atoms with Crippen molar-refractivity contribution in [2.45, 2.75) is 17.0 Å². The summed E-state index contributed by atoms with van der Waals surface area (Å²) < 4.78 is -0.0994. The first-order valence-corrected chi connectivity index (χ1v) is 3.97. The SMILES string of the molecule is O=C1CCOOC(I)C1. The molecule has 0 aromatic heterocycles. The minimum absolute atomic E-state index is 0.0994. The summed E-state index contributed by atoms with van der Waals surface area (Å²) in [6.45, 7) is 0.401. The number of hydrogen-bond acceptors (Lipinski definition) is 3. The van der Waals surface area contributed by atoms with Gasteiger partial charge in [0.1, 0.15) is 5.78 Å². The van der Waals surface area contributed by atoms with Crippen molar-refractivity contribution < 1.29 is 14.6 Å². The van der Waals surface area contributed by atoms with E-state index in [-0.39, 0.29) is 9.89 Å². The summed E-state index contributed by atoms with van der Waals surface area (Å²) >= 11 is 2.03. The van der Waals surface area contributed by atoms with Crippen LogP contribution in [-0.4, -0.2) is 16.5 Å². The van der Waals surface area contributed by atoms with Gasteiger partial charge >= 0.3 is 0 Å². The fourth-order valence-electron chi connectivity index (χ4n) is 0.593. The zero-order valence-corrected chi connectivity index (χ0v) is 6.96. The van der Waals surface area contributed by atoms with Gasteiger partial charge in [0.05, 0.1) is 6.61 Å². The van der Waals surface area contributed by atoms with Crippen LogP contribution in [-0.2, 0) is 14.6 Å². The van der Waals surface area contributed by atoms with Crippen molar-refractivity contribution in [2.24, 2.45) is 0 Å². The Morgan fingerprint density at radius 1 is 1.67 bits per heavy atom. The van der Waals surface area contributed by atoms with Crippen LogP contribution in [0.4, 0.5) is 0 Å². The van der Waals surface area contributed by atoms with E-state index in [0.29, 0.717) is 19.4 Å². The number of carbonyl (C=O) groups is 1. The lowest BCUT2D eigenvalue weighted by Gasteiger charge is -2.01. The highest BCUT2D eigenvalue weighted by Gasteiger charge is 2.15. The van der Waals surface area contributed by atoms with E-state index >= 15 is 0 Å². The summed E-state index contributed by atoms with van der Waals surface area (Å²) in [5, 5.41) is 0. The molecule has 1 heterocycles. The summed E-state index contributed by atoms with van der Waals surface area (Å²) in [6.07, 6.45) is 0.958. The Morgan fingerprint density at radius 2 is 2.44 bits per heavy atom. The monoisotopic (exact) mass is 242 g/mol. The Morgan fingerprint density at radius 3 is 3.22 bits per heavy atom.